The number of rotatable bonds is 8. The van der Waals surface area contributed by atoms with Crippen molar-refractivity contribution in [2.24, 2.45) is 5.73 Å². The molecular weight excluding hydrogens is 268 g/mol. The van der Waals surface area contributed by atoms with Gasteiger partial charge in [-0.1, -0.05) is 12.1 Å². The standard InChI is InChI=1S/C16H26N2O3/c1-5-21-15(19)16(2,17)11-8-12-18(3)13-9-6-7-10-14(13)20-4/h6-7,9-10H,5,8,11-12,17H2,1-4H3. The van der Waals surface area contributed by atoms with Crippen LogP contribution in [0.4, 0.5) is 5.69 Å². The lowest BCUT2D eigenvalue weighted by Crippen LogP contribution is -2.46. The second-order valence-corrected chi connectivity index (χ2v) is 5.33. The number of carbonyl (C=O) groups is 1. The molecule has 5 heteroatoms. The molecular formula is C16H26N2O3. The lowest BCUT2D eigenvalue weighted by molar-refractivity contribution is -0.149. The van der Waals surface area contributed by atoms with E-state index in [1.165, 1.54) is 0 Å². The molecule has 0 spiro atoms. The van der Waals surface area contributed by atoms with Gasteiger partial charge in [-0.05, 0) is 38.8 Å². The normalized spacial score (nSPS) is 13.4. The van der Waals surface area contributed by atoms with Crippen molar-refractivity contribution in [3.8, 4) is 5.75 Å². The van der Waals surface area contributed by atoms with Gasteiger partial charge in [-0.15, -0.1) is 0 Å². The predicted molar refractivity (Wildman–Crippen MR) is 84.7 cm³/mol. The molecule has 0 saturated carbocycles. The molecule has 0 bridgehead atoms. The number of ether oxygens (including phenoxy) is 2. The van der Waals surface area contributed by atoms with Crippen molar-refractivity contribution < 1.29 is 14.3 Å². The summed E-state index contributed by atoms with van der Waals surface area (Å²) in [5, 5.41) is 0. The second kappa shape index (κ2) is 7.88. The van der Waals surface area contributed by atoms with E-state index in [-0.39, 0.29) is 5.97 Å². The van der Waals surface area contributed by atoms with Crippen molar-refractivity contribution in [2.45, 2.75) is 32.2 Å². The molecule has 0 saturated heterocycles. The molecule has 0 aliphatic rings. The molecule has 0 aliphatic heterocycles. The topological polar surface area (TPSA) is 64.8 Å². The van der Waals surface area contributed by atoms with Gasteiger partial charge in [0.2, 0.25) is 0 Å². The molecule has 1 atom stereocenters. The van der Waals surface area contributed by atoms with E-state index in [1.807, 2.05) is 31.3 Å². The van der Waals surface area contributed by atoms with E-state index in [9.17, 15) is 4.79 Å². The molecule has 5 nitrogen and oxygen atoms in total. The Morgan fingerprint density at radius 3 is 2.67 bits per heavy atom. The minimum atomic E-state index is -0.933. The van der Waals surface area contributed by atoms with Gasteiger partial charge in [0.05, 0.1) is 19.4 Å². The Labute approximate surface area is 127 Å². The molecule has 2 N–H and O–H groups in total. The first-order valence-electron chi connectivity index (χ1n) is 7.22. The third kappa shape index (κ3) is 4.93. The lowest BCUT2D eigenvalue weighted by atomic mass is 9.97. The monoisotopic (exact) mass is 294 g/mol. The Bertz CT molecular complexity index is 461. The highest BCUT2D eigenvalue weighted by Gasteiger charge is 2.29. The van der Waals surface area contributed by atoms with Crippen LogP contribution in [-0.4, -0.2) is 38.8 Å². The van der Waals surface area contributed by atoms with Crippen LogP contribution in [0.3, 0.4) is 0 Å². The summed E-state index contributed by atoms with van der Waals surface area (Å²) >= 11 is 0. The van der Waals surface area contributed by atoms with Crippen molar-refractivity contribution in [2.75, 3.05) is 32.2 Å². The van der Waals surface area contributed by atoms with Crippen LogP contribution < -0.4 is 15.4 Å². The number of anilines is 1. The Balaban J connectivity index is 2.53. The van der Waals surface area contributed by atoms with Gasteiger partial charge in [0, 0.05) is 13.6 Å². The van der Waals surface area contributed by atoms with Crippen molar-refractivity contribution >= 4 is 11.7 Å². The number of para-hydroxylation sites is 2. The Kier molecular flexibility index (Phi) is 6.49. The quantitative estimate of drug-likeness (QED) is 0.745. The zero-order valence-electron chi connectivity index (χ0n) is 13.4. The van der Waals surface area contributed by atoms with E-state index < -0.39 is 5.54 Å². The Hall–Kier alpha value is -1.75. The summed E-state index contributed by atoms with van der Waals surface area (Å²) < 4.78 is 10.3. The predicted octanol–water partition coefficient (Wildman–Crippen LogP) is 2.19. The summed E-state index contributed by atoms with van der Waals surface area (Å²) in [6, 6.07) is 7.84. The second-order valence-electron chi connectivity index (χ2n) is 5.33. The van der Waals surface area contributed by atoms with E-state index in [2.05, 4.69) is 4.90 Å². The zero-order chi connectivity index (χ0) is 15.9. The van der Waals surface area contributed by atoms with Crippen LogP contribution in [0.25, 0.3) is 0 Å². The fourth-order valence-corrected chi connectivity index (χ4v) is 2.15. The van der Waals surface area contributed by atoms with Crippen molar-refractivity contribution in [1.82, 2.24) is 0 Å². The number of nitrogens with zero attached hydrogens (tertiary/aromatic N) is 1. The number of carbonyl (C=O) groups excluding carboxylic acids is 1. The molecule has 0 fully saturated rings. The Morgan fingerprint density at radius 2 is 2.05 bits per heavy atom. The molecule has 21 heavy (non-hydrogen) atoms. The van der Waals surface area contributed by atoms with E-state index in [1.54, 1.807) is 21.0 Å². The Morgan fingerprint density at radius 1 is 1.38 bits per heavy atom. The van der Waals surface area contributed by atoms with E-state index in [0.717, 1.165) is 24.4 Å². The molecule has 1 aromatic rings. The number of methoxy groups -OCH3 is 1. The van der Waals surface area contributed by atoms with Gasteiger partial charge in [-0.25, -0.2) is 0 Å². The third-order valence-electron chi connectivity index (χ3n) is 3.43. The molecule has 0 radical (unpaired) electrons. The van der Waals surface area contributed by atoms with Crippen LogP contribution in [0.15, 0.2) is 24.3 Å². The van der Waals surface area contributed by atoms with Gasteiger partial charge < -0.3 is 20.1 Å². The van der Waals surface area contributed by atoms with Crippen LogP contribution in [0.5, 0.6) is 5.75 Å². The van der Waals surface area contributed by atoms with Crippen LogP contribution in [-0.2, 0) is 9.53 Å². The highest BCUT2D eigenvalue weighted by atomic mass is 16.5. The maximum absolute atomic E-state index is 11.7. The summed E-state index contributed by atoms with van der Waals surface area (Å²) in [6.07, 6.45) is 1.37. The number of esters is 1. The lowest BCUT2D eigenvalue weighted by Gasteiger charge is -2.25. The van der Waals surface area contributed by atoms with Gasteiger partial charge >= 0.3 is 5.97 Å². The molecule has 1 aromatic carbocycles. The largest absolute Gasteiger partial charge is 0.495 e. The highest BCUT2D eigenvalue weighted by molar-refractivity contribution is 5.79. The molecule has 0 aliphatic carbocycles. The average Bonchev–Trinajstić information content (AvgIpc) is 2.47. The number of benzene rings is 1. The minimum absolute atomic E-state index is 0.343. The van der Waals surface area contributed by atoms with Gasteiger partial charge in [0.1, 0.15) is 11.3 Å². The van der Waals surface area contributed by atoms with Crippen molar-refractivity contribution in [3.05, 3.63) is 24.3 Å². The summed E-state index contributed by atoms with van der Waals surface area (Å²) in [5.74, 6) is 0.492. The molecule has 0 amide bonds. The number of hydrogen-bond donors (Lipinski definition) is 1. The highest BCUT2D eigenvalue weighted by Crippen LogP contribution is 2.27. The maximum Gasteiger partial charge on any atom is 0.325 e. The number of nitrogens with two attached hydrogens (primary N) is 1. The first-order valence-corrected chi connectivity index (χ1v) is 7.22. The zero-order valence-corrected chi connectivity index (χ0v) is 13.4. The summed E-state index contributed by atoms with van der Waals surface area (Å²) in [7, 11) is 3.65. The van der Waals surface area contributed by atoms with Crippen molar-refractivity contribution in [1.29, 1.82) is 0 Å². The first-order chi connectivity index (χ1) is 9.92. The van der Waals surface area contributed by atoms with E-state index in [4.69, 9.17) is 15.2 Å². The number of hydrogen-bond acceptors (Lipinski definition) is 5. The van der Waals surface area contributed by atoms with Crippen LogP contribution in [0, 0.1) is 0 Å². The van der Waals surface area contributed by atoms with Gasteiger partial charge in [-0.3, -0.25) is 4.79 Å². The van der Waals surface area contributed by atoms with Crippen LogP contribution >= 0.6 is 0 Å². The maximum atomic E-state index is 11.7. The van der Waals surface area contributed by atoms with Crippen LogP contribution in [0.1, 0.15) is 26.7 Å². The van der Waals surface area contributed by atoms with E-state index in [0.29, 0.717) is 13.0 Å². The summed E-state index contributed by atoms with van der Waals surface area (Å²) in [4.78, 5) is 13.8. The average molecular weight is 294 g/mol. The van der Waals surface area contributed by atoms with Gasteiger partial charge in [0.25, 0.3) is 0 Å². The van der Waals surface area contributed by atoms with Gasteiger partial charge in [-0.2, -0.15) is 0 Å². The smallest absolute Gasteiger partial charge is 0.325 e. The molecule has 0 heterocycles. The van der Waals surface area contributed by atoms with Crippen LogP contribution in [0.2, 0.25) is 0 Å². The molecule has 0 aromatic heterocycles. The fourth-order valence-electron chi connectivity index (χ4n) is 2.15. The van der Waals surface area contributed by atoms with E-state index >= 15 is 0 Å². The molecule has 1 rings (SSSR count). The van der Waals surface area contributed by atoms with Crippen molar-refractivity contribution in [3.63, 3.8) is 0 Å². The fraction of sp³-hybridized carbons (Fsp3) is 0.562. The third-order valence-corrected chi connectivity index (χ3v) is 3.43. The summed E-state index contributed by atoms with van der Waals surface area (Å²) in [6.45, 7) is 4.64. The SMILES string of the molecule is CCOC(=O)C(C)(N)CCCN(C)c1ccccc1OC. The summed E-state index contributed by atoms with van der Waals surface area (Å²) in [5.41, 5.74) is 6.10. The molecule has 118 valence electrons. The first kappa shape index (κ1) is 17.3. The van der Waals surface area contributed by atoms with Gasteiger partial charge in [0.15, 0.2) is 0 Å². The molecule has 1 unspecified atom stereocenters. The minimum Gasteiger partial charge on any atom is -0.495 e.